The van der Waals surface area contributed by atoms with Crippen molar-refractivity contribution in [1.82, 2.24) is 15.1 Å². The molecule has 0 aliphatic carbocycles. The molecule has 0 unspecified atom stereocenters. The Kier molecular flexibility index (Phi) is 2.95. The molecule has 0 atom stereocenters. The van der Waals surface area contributed by atoms with Crippen LogP contribution < -0.4 is 5.32 Å². The first kappa shape index (κ1) is 11.4. The number of aromatic nitrogens is 2. The van der Waals surface area contributed by atoms with Gasteiger partial charge in [-0.25, -0.2) is 4.68 Å². The second-order valence-electron chi connectivity index (χ2n) is 3.97. The third-order valence-corrected chi connectivity index (χ3v) is 2.59. The summed E-state index contributed by atoms with van der Waals surface area (Å²) in [5.74, 6) is -0.0895. The van der Waals surface area contributed by atoms with Gasteiger partial charge in [0.1, 0.15) is 0 Å². The lowest BCUT2D eigenvalue weighted by atomic mass is 10.2. The van der Waals surface area contributed by atoms with Crippen LogP contribution in [0.4, 0.5) is 0 Å². The quantitative estimate of drug-likeness (QED) is 0.854. The molecule has 1 aromatic carbocycles. The number of benzene rings is 1. The number of nitrogens with zero attached hydrogens (tertiary/aromatic N) is 2. The zero-order valence-electron chi connectivity index (χ0n) is 10.2. The minimum Gasteiger partial charge on any atom is -0.355 e. The average molecular weight is 229 g/mol. The van der Waals surface area contributed by atoms with Gasteiger partial charge >= 0.3 is 0 Å². The number of carbonyl (C=O) groups excluding carboxylic acids is 1. The first-order chi connectivity index (χ1) is 8.11. The molecule has 0 bridgehead atoms. The highest BCUT2D eigenvalue weighted by molar-refractivity contribution is 5.94. The molecule has 0 spiro atoms. The van der Waals surface area contributed by atoms with E-state index in [0.717, 1.165) is 17.1 Å². The van der Waals surface area contributed by atoms with Crippen molar-refractivity contribution in [3.8, 4) is 5.69 Å². The Morgan fingerprint density at radius 3 is 2.65 bits per heavy atom. The monoisotopic (exact) mass is 229 g/mol. The molecule has 1 amide bonds. The van der Waals surface area contributed by atoms with Crippen molar-refractivity contribution in [2.45, 2.75) is 13.8 Å². The Balaban J connectivity index is 2.46. The number of rotatable bonds is 2. The minimum absolute atomic E-state index is 0.0895. The van der Waals surface area contributed by atoms with Gasteiger partial charge in [-0.05, 0) is 38.1 Å². The van der Waals surface area contributed by atoms with Gasteiger partial charge in [-0.1, -0.05) is 6.07 Å². The second-order valence-corrected chi connectivity index (χ2v) is 3.97. The van der Waals surface area contributed by atoms with Crippen LogP contribution in [0.25, 0.3) is 5.69 Å². The lowest BCUT2D eigenvalue weighted by molar-refractivity contribution is 0.0963. The number of amides is 1. The maximum atomic E-state index is 11.5. The molecule has 2 rings (SSSR count). The molecule has 1 heterocycles. The van der Waals surface area contributed by atoms with E-state index in [0.29, 0.717) is 5.56 Å². The Bertz CT molecular complexity index is 558. The van der Waals surface area contributed by atoms with Crippen molar-refractivity contribution in [3.63, 3.8) is 0 Å². The molecule has 0 radical (unpaired) electrons. The SMILES string of the molecule is CNC(=O)c1cccc(-n2nc(C)cc2C)c1. The highest BCUT2D eigenvalue weighted by Gasteiger charge is 2.07. The summed E-state index contributed by atoms with van der Waals surface area (Å²) in [6.07, 6.45) is 0. The van der Waals surface area contributed by atoms with E-state index >= 15 is 0 Å². The fourth-order valence-corrected chi connectivity index (χ4v) is 1.81. The molecule has 0 aliphatic heterocycles. The number of carbonyl (C=O) groups is 1. The van der Waals surface area contributed by atoms with Gasteiger partial charge in [0, 0.05) is 18.3 Å². The van der Waals surface area contributed by atoms with E-state index < -0.39 is 0 Å². The van der Waals surface area contributed by atoms with E-state index in [1.54, 1.807) is 13.1 Å². The maximum absolute atomic E-state index is 11.5. The normalized spacial score (nSPS) is 10.3. The van der Waals surface area contributed by atoms with Gasteiger partial charge in [-0.15, -0.1) is 0 Å². The predicted molar refractivity (Wildman–Crippen MR) is 66.4 cm³/mol. The standard InChI is InChI=1S/C13H15N3O/c1-9-7-10(2)16(15-9)12-6-4-5-11(8-12)13(17)14-3/h4-8H,1-3H3,(H,14,17). The fraction of sp³-hybridized carbons (Fsp3) is 0.231. The summed E-state index contributed by atoms with van der Waals surface area (Å²) >= 11 is 0. The van der Waals surface area contributed by atoms with Crippen molar-refractivity contribution in [3.05, 3.63) is 47.3 Å². The molecule has 0 fully saturated rings. The Morgan fingerprint density at radius 1 is 1.29 bits per heavy atom. The van der Waals surface area contributed by atoms with Crippen molar-refractivity contribution < 1.29 is 4.79 Å². The highest BCUT2D eigenvalue weighted by Crippen LogP contribution is 2.13. The third-order valence-electron chi connectivity index (χ3n) is 2.59. The van der Waals surface area contributed by atoms with Gasteiger partial charge < -0.3 is 5.32 Å². The smallest absolute Gasteiger partial charge is 0.251 e. The number of hydrogen-bond donors (Lipinski definition) is 1. The third kappa shape index (κ3) is 2.20. The van der Waals surface area contributed by atoms with Gasteiger partial charge in [0.05, 0.1) is 11.4 Å². The van der Waals surface area contributed by atoms with E-state index in [1.807, 2.05) is 42.8 Å². The van der Waals surface area contributed by atoms with Crippen LogP contribution in [-0.2, 0) is 0 Å². The lowest BCUT2D eigenvalue weighted by Crippen LogP contribution is -2.18. The average Bonchev–Trinajstić information content (AvgIpc) is 2.67. The summed E-state index contributed by atoms with van der Waals surface area (Å²) in [5, 5.41) is 7.00. The van der Waals surface area contributed by atoms with Gasteiger partial charge in [-0.2, -0.15) is 5.10 Å². The highest BCUT2D eigenvalue weighted by atomic mass is 16.1. The molecule has 1 aromatic heterocycles. The van der Waals surface area contributed by atoms with Gasteiger partial charge in [-0.3, -0.25) is 4.79 Å². The minimum atomic E-state index is -0.0895. The molecule has 0 aliphatic rings. The lowest BCUT2D eigenvalue weighted by Gasteiger charge is -2.06. The first-order valence-electron chi connectivity index (χ1n) is 5.47. The number of hydrogen-bond acceptors (Lipinski definition) is 2. The predicted octanol–water partition coefficient (Wildman–Crippen LogP) is 1.85. The van der Waals surface area contributed by atoms with Crippen LogP contribution in [0.15, 0.2) is 30.3 Å². The second kappa shape index (κ2) is 4.41. The van der Waals surface area contributed by atoms with Crippen LogP contribution in [-0.4, -0.2) is 22.7 Å². The van der Waals surface area contributed by atoms with Crippen molar-refractivity contribution in [1.29, 1.82) is 0 Å². The largest absolute Gasteiger partial charge is 0.355 e. The topological polar surface area (TPSA) is 46.9 Å². The summed E-state index contributed by atoms with van der Waals surface area (Å²) in [4.78, 5) is 11.5. The molecule has 1 N–H and O–H groups in total. The van der Waals surface area contributed by atoms with Crippen molar-refractivity contribution >= 4 is 5.91 Å². The molecule has 17 heavy (non-hydrogen) atoms. The fourth-order valence-electron chi connectivity index (χ4n) is 1.81. The summed E-state index contributed by atoms with van der Waals surface area (Å²) in [7, 11) is 1.62. The van der Waals surface area contributed by atoms with E-state index in [9.17, 15) is 4.79 Å². The van der Waals surface area contributed by atoms with Crippen LogP contribution >= 0.6 is 0 Å². The Hall–Kier alpha value is -2.10. The molecule has 0 saturated carbocycles. The number of nitrogens with one attached hydrogen (secondary N) is 1. The maximum Gasteiger partial charge on any atom is 0.251 e. The van der Waals surface area contributed by atoms with Gasteiger partial charge in [0.2, 0.25) is 0 Å². The molecular formula is C13H15N3O. The molecule has 4 heteroatoms. The summed E-state index contributed by atoms with van der Waals surface area (Å²) < 4.78 is 1.84. The zero-order valence-corrected chi connectivity index (χ0v) is 10.2. The summed E-state index contributed by atoms with van der Waals surface area (Å²) in [6, 6.07) is 9.42. The van der Waals surface area contributed by atoms with Crippen LogP contribution in [0, 0.1) is 13.8 Å². The van der Waals surface area contributed by atoms with E-state index in [4.69, 9.17) is 0 Å². The van der Waals surface area contributed by atoms with Crippen molar-refractivity contribution in [2.75, 3.05) is 7.05 Å². The molecule has 2 aromatic rings. The molecule has 0 saturated heterocycles. The summed E-state index contributed by atoms with van der Waals surface area (Å²) in [5.41, 5.74) is 3.55. The molecular weight excluding hydrogens is 214 g/mol. The molecule has 88 valence electrons. The van der Waals surface area contributed by atoms with E-state index in [-0.39, 0.29) is 5.91 Å². The summed E-state index contributed by atoms with van der Waals surface area (Å²) in [6.45, 7) is 3.94. The zero-order chi connectivity index (χ0) is 12.4. The van der Waals surface area contributed by atoms with Gasteiger partial charge in [0.15, 0.2) is 0 Å². The molecule has 4 nitrogen and oxygen atoms in total. The van der Waals surface area contributed by atoms with Crippen molar-refractivity contribution in [2.24, 2.45) is 0 Å². The Labute approximate surface area is 100 Å². The van der Waals surface area contributed by atoms with Crippen LogP contribution in [0.2, 0.25) is 0 Å². The number of aryl methyl sites for hydroxylation is 2. The van der Waals surface area contributed by atoms with Crippen LogP contribution in [0.3, 0.4) is 0 Å². The van der Waals surface area contributed by atoms with Gasteiger partial charge in [0.25, 0.3) is 5.91 Å². The van der Waals surface area contributed by atoms with Crippen LogP contribution in [0.5, 0.6) is 0 Å². The first-order valence-corrected chi connectivity index (χ1v) is 5.47. The Morgan fingerprint density at radius 2 is 2.06 bits per heavy atom. The van der Waals surface area contributed by atoms with Crippen LogP contribution in [0.1, 0.15) is 21.7 Å². The van der Waals surface area contributed by atoms with E-state index in [1.165, 1.54) is 0 Å². The van der Waals surface area contributed by atoms with E-state index in [2.05, 4.69) is 10.4 Å².